The summed E-state index contributed by atoms with van der Waals surface area (Å²) in [6.45, 7) is 8.15. The van der Waals surface area contributed by atoms with Crippen LogP contribution in [0.5, 0.6) is 0 Å². The Morgan fingerprint density at radius 2 is 1.79 bits per heavy atom. The Morgan fingerprint density at radius 3 is 2.32 bits per heavy atom. The molecule has 0 radical (unpaired) electrons. The molecule has 106 valence electrons. The second kappa shape index (κ2) is 5.06. The van der Waals surface area contributed by atoms with E-state index in [0.717, 1.165) is 35.9 Å². The third-order valence-electron chi connectivity index (χ3n) is 3.85. The average molecular weight is 264 g/mol. The van der Waals surface area contributed by atoms with Crippen molar-refractivity contribution in [2.45, 2.75) is 32.8 Å². The number of anilines is 1. The number of rotatable bonds is 3. The van der Waals surface area contributed by atoms with Crippen LogP contribution in [0.25, 0.3) is 0 Å². The van der Waals surface area contributed by atoms with Gasteiger partial charge in [-0.15, -0.1) is 0 Å². The lowest BCUT2D eigenvalue weighted by Crippen LogP contribution is -2.42. The van der Waals surface area contributed by atoms with E-state index in [-0.39, 0.29) is 0 Å². The zero-order valence-corrected chi connectivity index (χ0v) is 12.6. The van der Waals surface area contributed by atoms with Crippen LogP contribution in [0, 0.1) is 20.8 Å². The highest BCUT2D eigenvalue weighted by Crippen LogP contribution is 2.26. The number of aromatic nitrogens is 2. The van der Waals surface area contributed by atoms with Crippen molar-refractivity contribution in [3.63, 3.8) is 0 Å². The summed E-state index contributed by atoms with van der Waals surface area (Å²) in [7, 11) is 3.97. The highest BCUT2D eigenvalue weighted by Gasteiger charge is 2.37. The maximum absolute atomic E-state index is 10.5. The minimum atomic E-state index is -0.653. The molecule has 5 nitrogen and oxygen atoms in total. The summed E-state index contributed by atoms with van der Waals surface area (Å²) in [5.41, 5.74) is 2.53. The lowest BCUT2D eigenvalue weighted by atomic mass is 10.0. The van der Waals surface area contributed by atoms with E-state index in [9.17, 15) is 5.11 Å². The molecule has 0 aromatic carbocycles. The minimum Gasteiger partial charge on any atom is -0.387 e. The van der Waals surface area contributed by atoms with E-state index in [1.165, 1.54) is 0 Å². The van der Waals surface area contributed by atoms with E-state index in [4.69, 9.17) is 0 Å². The van der Waals surface area contributed by atoms with Gasteiger partial charge in [-0.2, -0.15) is 0 Å². The quantitative estimate of drug-likeness (QED) is 0.879. The van der Waals surface area contributed by atoms with Gasteiger partial charge in [0.2, 0.25) is 5.95 Å². The largest absolute Gasteiger partial charge is 0.387 e. The minimum absolute atomic E-state index is 0.604. The second-order valence-electron chi connectivity index (χ2n) is 5.95. The van der Waals surface area contributed by atoms with Gasteiger partial charge in [-0.1, -0.05) is 0 Å². The first-order chi connectivity index (χ1) is 8.81. The molecule has 1 aliphatic rings. The van der Waals surface area contributed by atoms with Gasteiger partial charge >= 0.3 is 0 Å². The van der Waals surface area contributed by atoms with Crippen molar-refractivity contribution in [3.05, 3.63) is 17.0 Å². The van der Waals surface area contributed by atoms with Gasteiger partial charge in [0, 0.05) is 24.5 Å². The van der Waals surface area contributed by atoms with Crippen LogP contribution in [-0.4, -0.2) is 59.3 Å². The van der Waals surface area contributed by atoms with Crippen LogP contribution < -0.4 is 4.90 Å². The number of aryl methyl sites for hydroxylation is 2. The summed E-state index contributed by atoms with van der Waals surface area (Å²) in [6, 6.07) is 0. The molecular weight excluding hydrogens is 240 g/mol. The molecule has 1 N–H and O–H groups in total. The first kappa shape index (κ1) is 14.2. The molecule has 1 unspecified atom stereocenters. The highest BCUT2D eigenvalue weighted by atomic mass is 16.3. The number of hydrogen-bond donors (Lipinski definition) is 1. The standard InChI is InChI=1S/C14H24N4O/c1-10-11(2)15-13(16-12(10)3)18-7-6-14(19,9-18)8-17(4)5/h19H,6-9H2,1-5H3. The Labute approximate surface area is 115 Å². The predicted molar refractivity (Wildman–Crippen MR) is 76.6 cm³/mol. The first-order valence-electron chi connectivity index (χ1n) is 6.75. The number of hydrogen-bond acceptors (Lipinski definition) is 5. The molecular formula is C14H24N4O. The van der Waals surface area contributed by atoms with Crippen LogP contribution in [-0.2, 0) is 0 Å². The zero-order valence-electron chi connectivity index (χ0n) is 12.6. The van der Waals surface area contributed by atoms with E-state index in [1.54, 1.807) is 0 Å². The molecule has 5 heteroatoms. The molecule has 0 aliphatic carbocycles. The van der Waals surface area contributed by atoms with Crippen LogP contribution in [0.4, 0.5) is 5.95 Å². The van der Waals surface area contributed by atoms with Gasteiger partial charge in [0.25, 0.3) is 0 Å². The summed E-state index contributed by atoms with van der Waals surface area (Å²) in [5, 5.41) is 10.5. The lowest BCUT2D eigenvalue weighted by molar-refractivity contribution is 0.0365. The van der Waals surface area contributed by atoms with Gasteiger partial charge in [-0.25, -0.2) is 9.97 Å². The third kappa shape index (κ3) is 3.04. The number of β-amino-alcohol motifs (C(OH)–C–C–N with tert-alkyl or cyclic N) is 1. The molecule has 2 heterocycles. The monoisotopic (exact) mass is 264 g/mol. The molecule has 1 aromatic heterocycles. The van der Waals surface area contributed by atoms with Crippen molar-refractivity contribution in [3.8, 4) is 0 Å². The van der Waals surface area contributed by atoms with Gasteiger partial charge in [-0.05, 0) is 46.9 Å². The Hall–Kier alpha value is -1.20. The summed E-state index contributed by atoms with van der Waals surface area (Å²) < 4.78 is 0. The van der Waals surface area contributed by atoms with Crippen molar-refractivity contribution < 1.29 is 5.11 Å². The molecule has 0 bridgehead atoms. The molecule has 1 saturated heterocycles. The van der Waals surface area contributed by atoms with Crippen molar-refractivity contribution >= 4 is 5.95 Å². The van der Waals surface area contributed by atoms with Crippen LogP contribution in [0.1, 0.15) is 23.4 Å². The number of nitrogens with zero attached hydrogens (tertiary/aromatic N) is 4. The average Bonchev–Trinajstić information content (AvgIpc) is 2.66. The number of likely N-dealkylation sites (N-methyl/N-ethyl adjacent to an activating group) is 1. The van der Waals surface area contributed by atoms with Crippen LogP contribution in [0.3, 0.4) is 0 Å². The van der Waals surface area contributed by atoms with E-state index in [0.29, 0.717) is 13.1 Å². The third-order valence-corrected chi connectivity index (χ3v) is 3.85. The van der Waals surface area contributed by atoms with Crippen molar-refractivity contribution in [2.24, 2.45) is 0 Å². The second-order valence-corrected chi connectivity index (χ2v) is 5.95. The van der Waals surface area contributed by atoms with Gasteiger partial charge in [0.15, 0.2) is 0 Å². The molecule has 0 saturated carbocycles. The Balaban J connectivity index is 2.17. The van der Waals surface area contributed by atoms with E-state index < -0.39 is 5.60 Å². The van der Waals surface area contributed by atoms with Crippen molar-refractivity contribution in [2.75, 3.05) is 38.6 Å². The molecule has 1 atom stereocenters. The summed E-state index contributed by atoms with van der Waals surface area (Å²) >= 11 is 0. The Bertz CT molecular complexity index is 452. The fraction of sp³-hybridized carbons (Fsp3) is 0.714. The fourth-order valence-corrected chi connectivity index (χ4v) is 2.64. The molecule has 19 heavy (non-hydrogen) atoms. The van der Waals surface area contributed by atoms with Crippen LogP contribution >= 0.6 is 0 Å². The molecule has 2 rings (SSSR count). The predicted octanol–water partition coefficient (Wildman–Crippen LogP) is 0.905. The smallest absolute Gasteiger partial charge is 0.225 e. The van der Waals surface area contributed by atoms with E-state index >= 15 is 0 Å². The first-order valence-corrected chi connectivity index (χ1v) is 6.75. The lowest BCUT2D eigenvalue weighted by Gasteiger charge is -2.26. The molecule has 1 fully saturated rings. The summed E-state index contributed by atoms with van der Waals surface area (Å²) in [6.07, 6.45) is 0.764. The molecule has 0 amide bonds. The van der Waals surface area contributed by atoms with Crippen LogP contribution in [0.2, 0.25) is 0 Å². The topological polar surface area (TPSA) is 52.5 Å². The maximum Gasteiger partial charge on any atom is 0.225 e. The normalized spacial score (nSPS) is 23.4. The Kier molecular flexibility index (Phi) is 3.78. The van der Waals surface area contributed by atoms with Crippen molar-refractivity contribution in [1.82, 2.24) is 14.9 Å². The van der Waals surface area contributed by atoms with Gasteiger partial charge in [-0.3, -0.25) is 0 Å². The maximum atomic E-state index is 10.5. The summed E-state index contributed by atoms with van der Waals surface area (Å²) in [5.74, 6) is 0.746. The SMILES string of the molecule is Cc1nc(N2CCC(O)(CN(C)C)C2)nc(C)c1C. The summed E-state index contributed by atoms with van der Waals surface area (Å²) in [4.78, 5) is 13.2. The molecule has 0 spiro atoms. The van der Waals surface area contributed by atoms with Gasteiger partial charge < -0.3 is 14.9 Å². The number of aliphatic hydroxyl groups is 1. The van der Waals surface area contributed by atoms with Crippen molar-refractivity contribution in [1.29, 1.82) is 0 Å². The van der Waals surface area contributed by atoms with Crippen LogP contribution in [0.15, 0.2) is 0 Å². The van der Waals surface area contributed by atoms with E-state index in [2.05, 4.69) is 14.9 Å². The molecule has 1 aliphatic heterocycles. The highest BCUT2D eigenvalue weighted by molar-refractivity contribution is 5.38. The fourth-order valence-electron chi connectivity index (χ4n) is 2.64. The zero-order chi connectivity index (χ0) is 14.2. The van der Waals surface area contributed by atoms with E-state index in [1.807, 2.05) is 39.8 Å². The van der Waals surface area contributed by atoms with Gasteiger partial charge in [0.05, 0.1) is 12.1 Å². The molecule has 1 aromatic rings. The van der Waals surface area contributed by atoms with Gasteiger partial charge in [0.1, 0.15) is 0 Å². The Morgan fingerprint density at radius 1 is 1.21 bits per heavy atom.